The van der Waals surface area contributed by atoms with E-state index in [2.05, 4.69) is 17.4 Å². The Hall–Kier alpha value is -1.06. The van der Waals surface area contributed by atoms with Gasteiger partial charge in [0, 0.05) is 7.11 Å². The van der Waals surface area contributed by atoms with E-state index in [0.717, 1.165) is 18.7 Å². The summed E-state index contributed by atoms with van der Waals surface area (Å²) in [6.45, 7) is 1.02. The van der Waals surface area contributed by atoms with Crippen molar-refractivity contribution in [3.63, 3.8) is 0 Å². The molecule has 15 heavy (non-hydrogen) atoms. The zero-order chi connectivity index (χ0) is 10.7. The second-order valence-corrected chi connectivity index (χ2v) is 3.77. The number of hydrogen-bond acceptors (Lipinski definition) is 3. The van der Waals surface area contributed by atoms with Gasteiger partial charge in [-0.2, -0.15) is 0 Å². The summed E-state index contributed by atoms with van der Waals surface area (Å²) >= 11 is 0. The molecule has 1 aliphatic rings. The largest absolute Gasteiger partial charge is 0.497 e. The molecule has 1 aromatic rings. The van der Waals surface area contributed by atoms with Crippen LogP contribution in [0.1, 0.15) is 18.0 Å². The van der Waals surface area contributed by atoms with E-state index < -0.39 is 0 Å². The van der Waals surface area contributed by atoms with Gasteiger partial charge in [-0.25, -0.2) is 0 Å². The Morgan fingerprint density at radius 3 is 2.53 bits per heavy atom. The zero-order valence-electron chi connectivity index (χ0n) is 9.19. The van der Waals surface area contributed by atoms with Crippen LogP contribution in [0.5, 0.6) is 5.75 Å². The van der Waals surface area contributed by atoms with Crippen molar-refractivity contribution in [2.75, 3.05) is 20.8 Å². The average Bonchev–Trinajstić information content (AvgIpc) is 2.77. The molecule has 3 nitrogen and oxygen atoms in total. The molecule has 3 heteroatoms. The van der Waals surface area contributed by atoms with Crippen LogP contribution in [-0.4, -0.2) is 26.9 Å². The fourth-order valence-electron chi connectivity index (χ4n) is 2.08. The van der Waals surface area contributed by atoms with Crippen molar-refractivity contribution in [3.05, 3.63) is 29.8 Å². The lowest BCUT2D eigenvalue weighted by molar-refractivity contribution is 0.0920. The minimum Gasteiger partial charge on any atom is -0.497 e. The highest BCUT2D eigenvalue weighted by Crippen LogP contribution is 2.26. The topological polar surface area (TPSA) is 30.5 Å². The minimum absolute atomic E-state index is 0.290. The van der Waals surface area contributed by atoms with Crippen molar-refractivity contribution < 1.29 is 9.47 Å². The van der Waals surface area contributed by atoms with E-state index in [9.17, 15) is 0 Å². The van der Waals surface area contributed by atoms with Crippen LogP contribution in [-0.2, 0) is 4.74 Å². The van der Waals surface area contributed by atoms with Crippen LogP contribution in [0.4, 0.5) is 0 Å². The number of methoxy groups -OCH3 is 2. The molecule has 2 atom stereocenters. The maximum absolute atomic E-state index is 5.44. The Balaban J connectivity index is 2.14. The number of rotatable bonds is 3. The van der Waals surface area contributed by atoms with E-state index in [-0.39, 0.29) is 0 Å². The van der Waals surface area contributed by atoms with Crippen LogP contribution in [0.3, 0.4) is 0 Å². The molecule has 1 saturated heterocycles. The van der Waals surface area contributed by atoms with Crippen molar-refractivity contribution in [3.8, 4) is 5.75 Å². The first-order valence-electron chi connectivity index (χ1n) is 5.25. The van der Waals surface area contributed by atoms with Gasteiger partial charge in [-0.1, -0.05) is 12.1 Å². The Morgan fingerprint density at radius 1 is 1.20 bits per heavy atom. The predicted octanol–water partition coefficient (Wildman–Crippen LogP) is 1.74. The van der Waals surface area contributed by atoms with E-state index in [1.54, 1.807) is 14.2 Å². The molecule has 82 valence electrons. The molecule has 1 N–H and O–H groups in total. The minimum atomic E-state index is 0.290. The standard InChI is InChI=1S/C12H17NO2/c1-14-10-5-3-9(4-6-10)12-11(15-2)7-8-13-12/h3-6,11-13H,7-8H2,1-2H3/t11-,12-/m0/s1. The fourth-order valence-corrected chi connectivity index (χ4v) is 2.08. The number of ether oxygens (including phenoxy) is 2. The summed E-state index contributed by atoms with van der Waals surface area (Å²) in [4.78, 5) is 0. The first-order valence-corrected chi connectivity index (χ1v) is 5.25. The van der Waals surface area contributed by atoms with Gasteiger partial charge in [-0.3, -0.25) is 0 Å². The van der Waals surface area contributed by atoms with Crippen LogP contribution in [0, 0.1) is 0 Å². The van der Waals surface area contributed by atoms with Crippen molar-refractivity contribution in [2.24, 2.45) is 0 Å². The van der Waals surface area contributed by atoms with Crippen LogP contribution < -0.4 is 10.1 Å². The smallest absolute Gasteiger partial charge is 0.118 e. The van der Waals surface area contributed by atoms with E-state index in [0.29, 0.717) is 12.1 Å². The molecular weight excluding hydrogens is 190 g/mol. The van der Waals surface area contributed by atoms with Crippen molar-refractivity contribution >= 4 is 0 Å². The molecular formula is C12H17NO2. The van der Waals surface area contributed by atoms with Crippen LogP contribution in [0.25, 0.3) is 0 Å². The zero-order valence-corrected chi connectivity index (χ0v) is 9.19. The molecule has 1 fully saturated rings. The summed E-state index contributed by atoms with van der Waals surface area (Å²) in [5.41, 5.74) is 1.26. The molecule has 0 saturated carbocycles. The lowest BCUT2D eigenvalue weighted by Crippen LogP contribution is -2.22. The van der Waals surface area contributed by atoms with Gasteiger partial charge in [0.05, 0.1) is 19.3 Å². The third-order valence-corrected chi connectivity index (χ3v) is 2.94. The van der Waals surface area contributed by atoms with Crippen molar-refractivity contribution in [1.29, 1.82) is 0 Å². The summed E-state index contributed by atoms with van der Waals surface area (Å²) in [6.07, 6.45) is 1.37. The molecule has 0 aliphatic carbocycles. The van der Waals surface area contributed by atoms with E-state index in [1.807, 2.05) is 12.1 Å². The van der Waals surface area contributed by atoms with Gasteiger partial charge in [0.1, 0.15) is 5.75 Å². The first-order chi connectivity index (χ1) is 7.35. The Bertz CT molecular complexity index is 310. The van der Waals surface area contributed by atoms with Gasteiger partial charge >= 0.3 is 0 Å². The molecule has 0 unspecified atom stereocenters. The number of benzene rings is 1. The van der Waals surface area contributed by atoms with Gasteiger partial charge in [-0.15, -0.1) is 0 Å². The molecule has 0 aromatic heterocycles. The SMILES string of the molecule is COc1ccc([C@@H]2NCC[C@@H]2OC)cc1. The normalized spacial score (nSPS) is 25.5. The Morgan fingerprint density at radius 2 is 1.93 bits per heavy atom. The molecule has 0 radical (unpaired) electrons. The summed E-state index contributed by atoms with van der Waals surface area (Å²) in [5, 5.41) is 3.45. The summed E-state index contributed by atoms with van der Waals surface area (Å²) in [5.74, 6) is 0.894. The molecule has 1 heterocycles. The summed E-state index contributed by atoms with van der Waals surface area (Å²) in [6, 6.07) is 8.48. The van der Waals surface area contributed by atoms with Gasteiger partial charge < -0.3 is 14.8 Å². The van der Waals surface area contributed by atoms with Crippen molar-refractivity contribution in [2.45, 2.75) is 18.6 Å². The number of hydrogen-bond donors (Lipinski definition) is 1. The number of nitrogens with one attached hydrogen (secondary N) is 1. The highest BCUT2D eigenvalue weighted by Gasteiger charge is 2.27. The third-order valence-electron chi connectivity index (χ3n) is 2.94. The van der Waals surface area contributed by atoms with Gasteiger partial charge in [0.2, 0.25) is 0 Å². The lowest BCUT2D eigenvalue weighted by Gasteiger charge is -2.18. The summed E-state index contributed by atoms with van der Waals surface area (Å²) < 4.78 is 10.6. The molecule has 2 rings (SSSR count). The predicted molar refractivity (Wildman–Crippen MR) is 59.2 cm³/mol. The molecule has 0 spiro atoms. The maximum Gasteiger partial charge on any atom is 0.118 e. The molecule has 0 amide bonds. The van der Waals surface area contributed by atoms with Crippen molar-refractivity contribution in [1.82, 2.24) is 5.32 Å². The molecule has 1 aliphatic heterocycles. The average molecular weight is 207 g/mol. The van der Waals surface area contributed by atoms with Crippen LogP contribution in [0.15, 0.2) is 24.3 Å². The quantitative estimate of drug-likeness (QED) is 0.819. The molecule has 1 aromatic carbocycles. The Kier molecular flexibility index (Phi) is 3.23. The fraction of sp³-hybridized carbons (Fsp3) is 0.500. The summed E-state index contributed by atoms with van der Waals surface area (Å²) in [7, 11) is 3.45. The second kappa shape index (κ2) is 4.64. The van der Waals surface area contributed by atoms with Gasteiger partial charge in [-0.05, 0) is 30.7 Å². The Labute approximate surface area is 90.4 Å². The monoisotopic (exact) mass is 207 g/mol. The first kappa shape index (κ1) is 10.5. The van der Waals surface area contributed by atoms with Crippen LogP contribution >= 0.6 is 0 Å². The van der Waals surface area contributed by atoms with Gasteiger partial charge in [0.15, 0.2) is 0 Å². The van der Waals surface area contributed by atoms with E-state index >= 15 is 0 Å². The van der Waals surface area contributed by atoms with E-state index in [1.165, 1.54) is 5.56 Å². The second-order valence-electron chi connectivity index (χ2n) is 3.77. The highest BCUT2D eigenvalue weighted by atomic mass is 16.5. The third kappa shape index (κ3) is 2.13. The highest BCUT2D eigenvalue weighted by molar-refractivity contribution is 5.30. The maximum atomic E-state index is 5.44. The van der Waals surface area contributed by atoms with Gasteiger partial charge in [0.25, 0.3) is 0 Å². The van der Waals surface area contributed by atoms with E-state index in [4.69, 9.17) is 9.47 Å². The molecule has 0 bridgehead atoms. The lowest BCUT2D eigenvalue weighted by atomic mass is 10.0. The van der Waals surface area contributed by atoms with Crippen LogP contribution in [0.2, 0.25) is 0 Å².